The van der Waals surface area contributed by atoms with Crippen molar-refractivity contribution in [1.29, 1.82) is 0 Å². The number of nitrogens with zero attached hydrogens (tertiary/aromatic N) is 2. The van der Waals surface area contributed by atoms with Gasteiger partial charge in [0.25, 0.3) is 0 Å². The van der Waals surface area contributed by atoms with Crippen molar-refractivity contribution in [2.45, 2.75) is 12.3 Å². The summed E-state index contributed by atoms with van der Waals surface area (Å²) in [6.45, 7) is 0. The minimum atomic E-state index is -0.186. The normalized spacial score (nSPS) is 15.7. The molecule has 0 aliphatic carbocycles. The van der Waals surface area contributed by atoms with Gasteiger partial charge in [0.2, 0.25) is 0 Å². The van der Waals surface area contributed by atoms with E-state index in [9.17, 15) is 0 Å². The minimum absolute atomic E-state index is 0.0922. The van der Waals surface area contributed by atoms with Crippen molar-refractivity contribution >= 4 is 49.6 Å². The van der Waals surface area contributed by atoms with Crippen molar-refractivity contribution in [3.63, 3.8) is 0 Å². The number of furan rings is 1. The first-order valence-corrected chi connectivity index (χ1v) is 19.1. The van der Waals surface area contributed by atoms with E-state index in [4.69, 9.17) is 9.41 Å². The summed E-state index contributed by atoms with van der Waals surface area (Å²) in [6, 6.07) is 68.6. The summed E-state index contributed by atoms with van der Waals surface area (Å²) in [4.78, 5) is 5.18. The molecule has 2 unspecified atom stereocenters. The van der Waals surface area contributed by atoms with E-state index in [1.807, 2.05) is 18.2 Å². The number of hydrogen-bond donors (Lipinski definition) is 2. The first-order valence-electron chi connectivity index (χ1n) is 19.1. The summed E-state index contributed by atoms with van der Waals surface area (Å²) in [6.07, 6.45) is -0.278. The molecule has 1 aliphatic heterocycles. The molecule has 0 bridgehead atoms. The van der Waals surface area contributed by atoms with Crippen LogP contribution in [0, 0.1) is 0 Å². The van der Waals surface area contributed by atoms with Gasteiger partial charge in [0.05, 0.1) is 11.0 Å². The number of rotatable bonds is 6. The van der Waals surface area contributed by atoms with Crippen LogP contribution < -0.4 is 10.6 Å². The molecule has 0 fully saturated rings. The Balaban J connectivity index is 1.02. The van der Waals surface area contributed by atoms with Gasteiger partial charge in [-0.25, -0.2) is 4.99 Å². The van der Waals surface area contributed by atoms with Crippen LogP contribution in [0.3, 0.4) is 0 Å². The van der Waals surface area contributed by atoms with E-state index in [1.165, 1.54) is 10.8 Å². The third-order valence-corrected chi connectivity index (χ3v) is 11.1. The molecule has 2 aromatic heterocycles. The van der Waals surface area contributed by atoms with Crippen LogP contribution in [-0.4, -0.2) is 10.4 Å². The van der Waals surface area contributed by atoms with Gasteiger partial charge in [-0.1, -0.05) is 158 Å². The first kappa shape index (κ1) is 32.2. The Labute approximate surface area is 324 Å². The number of fused-ring (bicyclic) bond motifs is 6. The number of aromatic nitrogens is 1. The lowest BCUT2D eigenvalue weighted by atomic mass is 9.99. The highest BCUT2D eigenvalue weighted by Gasteiger charge is 2.25. The van der Waals surface area contributed by atoms with E-state index in [0.717, 1.165) is 83.4 Å². The van der Waals surface area contributed by atoms with Crippen molar-refractivity contribution in [3.8, 4) is 27.9 Å². The zero-order valence-electron chi connectivity index (χ0n) is 30.4. The number of nitrogens with one attached hydrogen (secondary N) is 2. The molecule has 2 atom stereocenters. The molecule has 1 aliphatic rings. The van der Waals surface area contributed by atoms with Gasteiger partial charge in [-0.15, -0.1) is 0 Å². The predicted octanol–water partition coefficient (Wildman–Crippen LogP) is 12.4. The zero-order chi connectivity index (χ0) is 37.0. The van der Waals surface area contributed by atoms with Gasteiger partial charge in [-0.2, -0.15) is 0 Å². The number of para-hydroxylation sites is 3. The summed E-state index contributed by atoms with van der Waals surface area (Å²) in [5.74, 6) is 0.858. The number of aliphatic imine (C=N–C) groups is 1. The largest absolute Gasteiger partial charge is 0.455 e. The Morgan fingerprint density at radius 2 is 1.02 bits per heavy atom. The van der Waals surface area contributed by atoms with Crippen LogP contribution in [0.25, 0.3) is 71.7 Å². The lowest BCUT2D eigenvalue weighted by molar-refractivity contribution is 0.409. The fourth-order valence-electron chi connectivity index (χ4n) is 8.41. The maximum Gasteiger partial charge on any atom is 0.143 e. The van der Waals surface area contributed by atoms with Crippen molar-refractivity contribution in [2.75, 3.05) is 0 Å². The molecule has 5 heteroatoms. The first-order chi connectivity index (χ1) is 27.8. The third-order valence-electron chi connectivity index (χ3n) is 11.1. The van der Waals surface area contributed by atoms with Gasteiger partial charge in [0.15, 0.2) is 0 Å². The number of benzene rings is 8. The molecule has 266 valence electrons. The molecule has 10 aromatic rings. The smallest absolute Gasteiger partial charge is 0.143 e. The van der Waals surface area contributed by atoms with Gasteiger partial charge in [0, 0.05) is 43.9 Å². The highest BCUT2D eigenvalue weighted by atomic mass is 16.3. The van der Waals surface area contributed by atoms with Crippen LogP contribution in [0.5, 0.6) is 0 Å². The Kier molecular flexibility index (Phi) is 7.64. The summed E-state index contributed by atoms with van der Waals surface area (Å²) < 4.78 is 9.20. The predicted molar refractivity (Wildman–Crippen MR) is 230 cm³/mol. The molecule has 0 saturated carbocycles. The van der Waals surface area contributed by atoms with Crippen LogP contribution in [0.1, 0.15) is 29.0 Å². The van der Waals surface area contributed by atoms with E-state index in [1.54, 1.807) is 0 Å². The van der Waals surface area contributed by atoms with E-state index in [2.05, 4.69) is 191 Å². The van der Waals surface area contributed by atoms with E-state index < -0.39 is 0 Å². The zero-order valence-corrected chi connectivity index (χ0v) is 30.4. The van der Waals surface area contributed by atoms with Crippen LogP contribution in [0.4, 0.5) is 0 Å². The second-order valence-electron chi connectivity index (χ2n) is 14.4. The van der Waals surface area contributed by atoms with Gasteiger partial charge in [0.1, 0.15) is 29.3 Å². The maximum atomic E-state index is 6.82. The summed E-state index contributed by atoms with van der Waals surface area (Å²) in [7, 11) is 0. The van der Waals surface area contributed by atoms with Crippen molar-refractivity contribution < 1.29 is 4.42 Å². The van der Waals surface area contributed by atoms with Crippen LogP contribution >= 0.6 is 0 Å². The monoisotopic (exact) mass is 720 g/mol. The molecule has 0 saturated heterocycles. The van der Waals surface area contributed by atoms with Gasteiger partial charge in [-0.3, -0.25) is 5.32 Å². The van der Waals surface area contributed by atoms with E-state index in [0.29, 0.717) is 0 Å². The molecule has 0 radical (unpaired) electrons. The fraction of sp³-hybridized carbons (Fsp3) is 0.0392. The van der Waals surface area contributed by atoms with Gasteiger partial charge in [-0.05, 0) is 58.7 Å². The standard InChI is InChI=1S/C51H36N4O/c1-4-14-33(15-5-1)39-21-12-23-43-44-24-13-22-40(48(44)56-47(39)43)37-28-31-42-41-20-10-11-25-45(41)55(46(42)32-37)38-29-26-36(27-30-38)51-53-49(34-16-6-2-7-17-34)52-50(54-51)35-18-8-3-9-19-35/h1-32,49-50,52H,(H,53,54). The van der Waals surface area contributed by atoms with E-state index in [-0.39, 0.29) is 12.3 Å². The number of amidine groups is 1. The molecule has 2 N–H and O–H groups in total. The van der Waals surface area contributed by atoms with Crippen molar-refractivity contribution in [3.05, 3.63) is 211 Å². The van der Waals surface area contributed by atoms with Crippen molar-refractivity contribution in [2.24, 2.45) is 4.99 Å². The van der Waals surface area contributed by atoms with Crippen LogP contribution in [0.15, 0.2) is 204 Å². The summed E-state index contributed by atoms with van der Waals surface area (Å²) in [5.41, 5.74) is 12.9. The molecule has 11 rings (SSSR count). The van der Waals surface area contributed by atoms with Crippen LogP contribution in [0.2, 0.25) is 0 Å². The lowest BCUT2D eigenvalue weighted by Crippen LogP contribution is -2.44. The second kappa shape index (κ2) is 13.3. The molecule has 56 heavy (non-hydrogen) atoms. The van der Waals surface area contributed by atoms with Gasteiger partial charge < -0.3 is 14.3 Å². The average Bonchev–Trinajstić information content (AvgIpc) is 3.83. The van der Waals surface area contributed by atoms with E-state index >= 15 is 0 Å². The molecule has 0 amide bonds. The molecular formula is C51H36N4O. The summed E-state index contributed by atoms with van der Waals surface area (Å²) in [5, 5.41) is 12.0. The Morgan fingerprint density at radius 3 is 1.73 bits per heavy atom. The molecule has 5 nitrogen and oxygen atoms in total. The topological polar surface area (TPSA) is 54.5 Å². The SMILES string of the molecule is c1ccc(-c2cccc3c2oc2c(-c4ccc5c6ccccc6n(-c6ccc(C7=NC(c8ccccc8)NC(c8ccccc8)N7)cc6)c5c4)cccc23)cc1. The van der Waals surface area contributed by atoms with Gasteiger partial charge >= 0.3 is 0 Å². The summed E-state index contributed by atoms with van der Waals surface area (Å²) >= 11 is 0. The minimum Gasteiger partial charge on any atom is -0.455 e. The third kappa shape index (κ3) is 5.40. The highest BCUT2D eigenvalue weighted by molar-refractivity contribution is 6.14. The maximum absolute atomic E-state index is 6.82. The number of hydrogen-bond acceptors (Lipinski definition) is 4. The Morgan fingerprint density at radius 1 is 0.446 bits per heavy atom. The second-order valence-corrected chi connectivity index (χ2v) is 14.4. The Bertz CT molecular complexity index is 3070. The van der Waals surface area contributed by atoms with Crippen LogP contribution in [-0.2, 0) is 0 Å². The quantitative estimate of drug-likeness (QED) is 0.180. The molecule has 8 aromatic carbocycles. The molecular weight excluding hydrogens is 685 g/mol. The highest BCUT2D eigenvalue weighted by Crippen LogP contribution is 2.41. The fourth-order valence-corrected chi connectivity index (χ4v) is 8.41. The molecule has 3 heterocycles. The lowest BCUT2D eigenvalue weighted by Gasteiger charge is -2.32. The van der Waals surface area contributed by atoms with Crippen molar-refractivity contribution in [1.82, 2.24) is 15.2 Å². The average molecular weight is 721 g/mol. The molecule has 0 spiro atoms. The Hall–Kier alpha value is -7.21.